The Balaban J connectivity index is 1.80. The second-order valence-corrected chi connectivity index (χ2v) is 5.51. The van der Waals surface area contributed by atoms with Crippen LogP contribution < -0.4 is 5.63 Å². The molecule has 0 aliphatic carbocycles. The highest BCUT2D eigenvalue weighted by molar-refractivity contribution is 6.50. The first-order chi connectivity index (χ1) is 11.7. The summed E-state index contributed by atoms with van der Waals surface area (Å²) in [5.74, 6) is 0.0512. The lowest BCUT2D eigenvalue weighted by Gasteiger charge is -2.01. The van der Waals surface area contributed by atoms with Crippen LogP contribution in [0.2, 0.25) is 0 Å². The van der Waals surface area contributed by atoms with Gasteiger partial charge in [0.1, 0.15) is 5.03 Å². The summed E-state index contributed by atoms with van der Waals surface area (Å²) in [6.45, 7) is 0. The van der Waals surface area contributed by atoms with Crippen molar-refractivity contribution in [2.24, 2.45) is 0 Å². The summed E-state index contributed by atoms with van der Waals surface area (Å²) in [7, 11) is 0. The van der Waals surface area contributed by atoms with Crippen LogP contribution in [-0.2, 0) is 0 Å². The normalized spacial score (nSPS) is 12.0. The van der Waals surface area contributed by atoms with Crippen molar-refractivity contribution in [1.29, 1.82) is 0 Å². The molecule has 0 spiro atoms. The number of hydrogen-bond acceptors (Lipinski definition) is 5. The van der Waals surface area contributed by atoms with Crippen LogP contribution in [0, 0.1) is 0 Å². The Kier molecular flexibility index (Phi) is 3.55. The first kappa shape index (κ1) is 14.5. The molecule has 0 aliphatic rings. The Hall–Kier alpha value is -3.05. The second-order valence-electron chi connectivity index (χ2n) is 5.10. The van der Waals surface area contributed by atoms with Gasteiger partial charge in [0.2, 0.25) is 5.89 Å². The van der Waals surface area contributed by atoms with Gasteiger partial charge in [-0.3, -0.25) is 4.98 Å². The van der Waals surface area contributed by atoms with Crippen molar-refractivity contribution < 1.29 is 4.42 Å². The van der Waals surface area contributed by atoms with Crippen molar-refractivity contribution in [2.75, 3.05) is 0 Å². The predicted octanol–water partition coefficient (Wildman–Crippen LogP) is 3.87. The first-order valence-electron chi connectivity index (χ1n) is 7.20. The molecule has 4 aromatic rings. The molecule has 4 rings (SSSR count). The van der Waals surface area contributed by atoms with Crippen molar-refractivity contribution in [1.82, 2.24) is 15.0 Å². The third kappa shape index (κ3) is 2.66. The number of para-hydroxylation sites is 3. The summed E-state index contributed by atoms with van der Waals surface area (Å²) >= 11 is 6.26. The van der Waals surface area contributed by atoms with Gasteiger partial charge in [0, 0.05) is 0 Å². The van der Waals surface area contributed by atoms with E-state index in [9.17, 15) is 4.79 Å². The van der Waals surface area contributed by atoms with Gasteiger partial charge in [-0.1, -0.05) is 35.9 Å². The highest BCUT2D eigenvalue weighted by atomic mass is 35.5. The van der Waals surface area contributed by atoms with Crippen LogP contribution >= 0.6 is 11.6 Å². The van der Waals surface area contributed by atoms with Crippen molar-refractivity contribution in [2.45, 2.75) is 0 Å². The van der Waals surface area contributed by atoms with E-state index in [4.69, 9.17) is 16.0 Å². The van der Waals surface area contributed by atoms with Crippen molar-refractivity contribution in [3.05, 3.63) is 76.7 Å². The summed E-state index contributed by atoms with van der Waals surface area (Å²) < 4.78 is 5.20. The average Bonchev–Trinajstić information content (AvgIpc) is 2.61. The highest BCUT2D eigenvalue weighted by Crippen LogP contribution is 2.21. The number of hydrogen-bond donors (Lipinski definition) is 0. The monoisotopic (exact) mass is 335 g/mol. The number of halogens is 1. The van der Waals surface area contributed by atoms with E-state index in [0.717, 1.165) is 11.0 Å². The zero-order chi connectivity index (χ0) is 16.5. The fraction of sp³-hybridized carbons (Fsp3) is 0. The molecule has 0 unspecified atom stereocenters. The second kappa shape index (κ2) is 5.86. The number of aromatic nitrogens is 3. The fourth-order valence-corrected chi connectivity index (χ4v) is 2.55. The van der Waals surface area contributed by atoms with E-state index in [0.29, 0.717) is 16.6 Å². The van der Waals surface area contributed by atoms with E-state index in [1.165, 1.54) is 0 Å². The van der Waals surface area contributed by atoms with Gasteiger partial charge in [-0.05, 0) is 30.3 Å². The molecule has 0 saturated heterocycles. The molecule has 0 radical (unpaired) electrons. The number of fused-ring (bicyclic) bond motifs is 2. The largest absolute Gasteiger partial charge is 0.402 e. The molecule has 0 atom stereocenters. The van der Waals surface area contributed by atoms with Gasteiger partial charge in [0.25, 0.3) is 0 Å². The van der Waals surface area contributed by atoms with E-state index >= 15 is 0 Å². The van der Waals surface area contributed by atoms with Crippen LogP contribution in [-0.4, -0.2) is 15.0 Å². The standard InChI is InChI=1S/C18H10ClN3O2/c19-13(9-11-10-20-15-7-3-4-8-16(15)21-11)17-22-14-6-2-1-5-12(14)18(23)24-17/h1-10H/b13-9-. The summed E-state index contributed by atoms with van der Waals surface area (Å²) in [5, 5.41) is 0.596. The maximum absolute atomic E-state index is 12.0. The molecular weight excluding hydrogens is 326 g/mol. The lowest BCUT2D eigenvalue weighted by atomic mass is 10.2. The molecule has 0 amide bonds. The van der Waals surface area contributed by atoms with Crippen molar-refractivity contribution >= 4 is 44.6 Å². The molecule has 24 heavy (non-hydrogen) atoms. The lowest BCUT2D eigenvalue weighted by molar-refractivity contribution is 0.489. The van der Waals surface area contributed by atoms with Gasteiger partial charge in [-0.25, -0.2) is 14.8 Å². The fourth-order valence-electron chi connectivity index (χ4n) is 2.35. The quantitative estimate of drug-likeness (QED) is 0.556. The molecule has 0 fully saturated rings. The van der Waals surface area contributed by atoms with Crippen LogP contribution in [0.1, 0.15) is 11.6 Å². The van der Waals surface area contributed by atoms with Gasteiger partial charge < -0.3 is 4.42 Å². The molecule has 5 nitrogen and oxygen atoms in total. The van der Waals surface area contributed by atoms with Crippen LogP contribution in [0.3, 0.4) is 0 Å². The highest BCUT2D eigenvalue weighted by Gasteiger charge is 2.09. The van der Waals surface area contributed by atoms with Gasteiger partial charge in [-0.2, -0.15) is 0 Å². The molecule has 2 heterocycles. The Labute approximate surface area is 141 Å². The third-order valence-electron chi connectivity index (χ3n) is 3.48. The summed E-state index contributed by atoms with van der Waals surface area (Å²) in [6, 6.07) is 14.5. The van der Waals surface area contributed by atoms with Crippen molar-refractivity contribution in [3.63, 3.8) is 0 Å². The first-order valence-corrected chi connectivity index (χ1v) is 7.58. The maximum Gasteiger partial charge on any atom is 0.347 e. The Bertz CT molecular complexity index is 1150. The molecule has 0 N–H and O–H groups in total. The maximum atomic E-state index is 12.0. The summed E-state index contributed by atoms with van der Waals surface area (Å²) in [4.78, 5) is 25.1. The summed E-state index contributed by atoms with van der Waals surface area (Å²) in [5.41, 5.74) is 2.15. The minimum Gasteiger partial charge on any atom is -0.402 e. The van der Waals surface area contributed by atoms with E-state index in [2.05, 4.69) is 15.0 Å². The van der Waals surface area contributed by atoms with Gasteiger partial charge in [0.15, 0.2) is 0 Å². The molecular formula is C18H10ClN3O2. The van der Waals surface area contributed by atoms with Crippen molar-refractivity contribution in [3.8, 4) is 0 Å². The smallest absolute Gasteiger partial charge is 0.347 e. The predicted molar refractivity (Wildman–Crippen MR) is 93.5 cm³/mol. The van der Waals surface area contributed by atoms with Crippen LogP contribution in [0.25, 0.3) is 33.0 Å². The minimum atomic E-state index is -0.480. The molecule has 2 aromatic carbocycles. The number of nitrogens with zero attached hydrogens (tertiary/aromatic N) is 3. The van der Waals surface area contributed by atoms with Crippen LogP contribution in [0.15, 0.2) is 63.9 Å². The van der Waals surface area contributed by atoms with E-state index in [1.54, 1.807) is 36.5 Å². The minimum absolute atomic E-state index is 0.0512. The molecule has 0 aliphatic heterocycles. The zero-order valence-corrected chi connectivity index (χ0v) is 13.1. The molecule has 6 heteroatoms. The molecule has 2 aromatic heterocycles. The van der Waals surface area contributed by atoms with E-state index < -0.39 is 5.63 Å². The van der Waals surface area contributed by atoms with E-state index in [-0.39, 0.29) is 10.9 Å². The van der Waals surface area contributed by atoms with Gasteiger partial charge in [0.05, 0.1) is 33.8 Å². The molecule has 0 bridgehead atoms. The Morgan fingerprint density at radius 3 is 2.50 bits per heavy atom. The van der Waals surface area contributed by atoms with Crippen LogP contribution in [0.4, 0.5) is 0 Å². The van der Waals surface area contributed by atoms with Crippen LogP contribution in [0.5, 0.6) is 0 Å². The Morgan fingerprint density at radius 2 is 1.67 bits per heavy atom. The van der Waals surface area contributed by atoms with Gasteiger partial charge >= 0.3 is 5.63 Å². The SMILES string of the molecule is O=c1oc(/C(Cl)=C/c2cnc3ccccc3n2)nc2ccccc12. The topological polar surface area (TPSA) is 68.9 Å². The number of rotatable bonds is 2. The third-order valence-corrected chi connectivity index (χ3v) is 3.75. The molecule has 116 valence electrons. The number of benzene rings is 2. The Morgan fingerprint density at radius 1 is 0.958 bits per heavy atom. The molecule has 0 saturated carbocycles. The zero-order valence-electron chi connectivity index (χ0n) is 12.3. The summed E-state index contributed by atoms with van der Waals surface area (Å²) in [6.07, 6.45) is 3.17. The van der Waals surface area contributed by atoms with E-state index in [1.807, 2.05) is 24.3 Å². The average molecular weight is 336 g/mol. The van der Waals surface area contributed by atoms with Gasteiger partial charge in [-0.15, -0.1) is 0 Å². The lowest BCUT2D eigenvalue weighted by Crippen LogP contribution is -2.03.